The van der Waals surface area contributed by atoms with Crippen molar-refractivity contribution in [3.05, 3.63) is 51.7 Å². The number of hydrogen-bond donors (Lipinski definition) is 1. The monoisotopic (exact) mass is 399 g/mol. The summed E-state index contributed by atoms with van der Waals surface area (Å²) in [5.74, 6) is 0.0734. The standard InChI is InChI=1S/C22H29N3O2S/c1-4-21(26)25-11-9-16-13-17(7-8-19(16)25)22(27)23-14-20(24(5-2)6-3)18-10-12-28-15-18/h7-8,10,12-13,15,20H,4-6,9,11,14H2,1-3H3,(H,23,27). The summed E-state index contributed by atoms with van der Waals surface area (Å²) in [5.41, 5.74) is 3.93. The van der Waals surface area contributed by atoms with Crippen molar-refractivity contribution < 1.29 is 9.59 Å². The summed E-state index contributed by atoms with van der Waals surface area (Å²) in [5, 5.41) is 7.35. The highest BCUT2D eigenvalue weighted by Gasteiger charge is 2.25. The Morgan fingerprint density at radius 1 is 1.21 bits per heavy atom. The fourth-order valence-electron chi connectivity index (χ4n) is 3.87. The summed E-state index contributed by atoms with van der Waals surface area (Å²) in [7, 11) is 0. The van der Waals surface area contributed by atoms with Gasteiger partial charge in [0, 0.05) is 30.8 Å². The van der Waals surface area contributed by atoms with Crippen LogP contribution in [0, 0.1) is 0 Å². The van der Waals surface area contributed by atoms with E-state index in [2.05, 4.69) is 40.9 Å². The zero-order valence-corrected chi connectivity index (χ0v) is 17.7. The van der Waals surface area contributed by atoms with Crippen LogP contribution < -0.4 is 10.2 Å². The van der Waals surface area contributed by atoms with Gasteiger partial charge in [0.1, 0.15) is 0 Å². The van der Waals surface area contributed by atoms with Gasteiger partial charge < -0.3 is 10.2 Å². The first-order valence-electron chi connectivity index (χ1n) is 10.1. The third kappa shape index (κ3) is 4.28. The Morgan fingerprint density at radius 3 is 2.64 bits per heavy atom. The molecule has 0 spiro atoms. The summed E-state index contributed by atoms with van der Waals surface area (Å²) in [6, 6.07) is 7.98. The molecule has 2 aromatic rings. The van der Waals surface area contributed by atoms with Crippen LogP contribution >= 0.6 is 11.3 Å². The topological polar surface area (TPSA) is 52.7 Å². The highest BCUT2D eigenvalue weighted by atomic mass is 32.1. The summed E-state index contributed by atoms with van der Waals surface area (Å²) in [4.78, 5) is 29.0. The summed E-state index contributed by atoms with van der Waals surface area (Å²) < 4.78 is 0. The Kier molecular flexibility index (Phi) is 6.86. The fraction of sp³-hybridized carbons (Fsp3) is 0.455. The molecule has 150 valence electrons. The van der Waals surface area contributed by atoms with E-state index in [0.29, 0.717) is 25.1 Å². The van der Waals surface area contributed by atoms with Gasteiger partial charge in [0.2, 0.25) is 5.91 Å². The lowest BCUT2D eigenvalue weighted by atomic mass is 10.1. The van der Waals surface area contributed by atoms with Crippen molar-refractivity contribution in [3.63, 3.8) is 0 Å². The van der Waals surface area contributed by atoms with Gasteiger partial charge in [0.25, 0.3) is 5.91 Å². The molecule has 28 heavy (non-hydrogen) atoms. The Hall–Kier alpha value is -2.18. The molecule has 1 atom stereocenters. The highest BCUT2D eigenvalue weighted by molar-refractivity contribution is 7.08. The zero-order valence-electron chi connectivity index (χ0n) is 16.9. The normalized spacial score (nSPS) is 14.2. The van der Waals surface area contributed by atoms with E-state index >= 15 is 0 Å². The minimum atomic E-state index is -0.0598. The Bertz CT molecular complexity index is 815. The van der Waals surface area contributed by atoms with E-state index in [1.165, 1.54) is 5.56 Å². The lowest BCUT2D eigenvalue weighted by molar-refractivity contribution is -0.118. The van der Waals surface area contributed by atoms with Crippen molar-refractivity contribution in [3.8, 4) is 0 Å². The molecule has 1 aliphatic heterocycles. The van der Waals surface area contributed by atoms with Crippen LogP contribution in [0.1, 0.15) is 54.7 Å². The first-order valence-corrected chi connectivity index (χ1v) is 11.0. The Morgan fingerprint density at radius 2 is 2.00 bits per heavy atom. The molecule has 1 aromatic carbocycles. The number of thiophene rings is 1. The maximum Gasteiger partial charge on any atom is 0.251 e. The summed E-state index contributed by atoms with van der Waals surface area (Å²) in [6.45, 7) is 9.33. The van der Waals surface area contributed by atoms with E-state index in [-0.39, 0.29) is 17.9 Å². The molecule has 0 aliphatic carbocycles. The number of rotatable bonds is 8. The number of amides is 2. The molecule has 5 nitrogen and oxygen atoms in total. The second kappa shape index (κ2) is 9.34. The van der Waals surface area contributed by atoms with Gasteiger partial charge in [-0.2, -0.15) is 11.3 Å². The van der Waals surface area contributed by atoms with E-state index in [4.69, 9.17) is 0 Å². The number of nitrogens with zero attached hydrogens (tertiary/aromatic N) is 2. The van der Waals surface area contributed by atoms with Crippen LogP contribution in [0.3, 0.4) is 0 Å². The molecule has 0 bridgehead atoms. The average Bonchev–Trinajstić information content (AvgIpc) is 3.39. The van der Waals surface area contributed by atoms with Gasteiger partial charge in [-0.05, 0) is 65.7 Å². The third-order valence-electron chi connectivity index (χ3n) is 5.48. The van der Waals surface area contributed by atoms with E-state index in [1.807, 2.05) is 30.0 Å². The van der Waals surface area contributed by atoms with E-state index in [0.717, 1.165) is 30.8 Å². The van der Waals surface area contributed by atoms with Crippen LogP contribution in [-0.4, -0.2) is 42.9 Å². The molecule has 1 aliphatic rings. The molecule has 0 saturated heterocycles. The van der Waals surface area contributed by atoms with Crippen molar-refractivity contribution in [1.82, 2.24) is 10.2 Å². The first-order chi connectivity index (χ1) is 13.6. The Balaban J connectivity index is 1.70. The predicted octanol–water partition coefficient (Wildman–Crippen LogP) is 3.86. The van der Waals surface area contributed by atoms with Gasteiger partial charge in [-0.3, -0.25) is 14.5 Å². The molecule has 1 N–H and O–H groups in total. The minimum absolute atomic E-state index is 0.0598. The van der Waals surface area contributed by atoms with Crippen molar-refractivity contribution >= 4 is 28.8 Å². The maximum atomic E-state index is 12.8. The maximum absolute atomic E-state index is 12.8. The molecule has 1 aromatic heterocycles. The van der Waals surface area contributed by atoms with Crippen LogP contribution in [0.5, 0.6) is 0 Å². The summed E-state index contributed by atoms with van der Waals surface area (Å²) in [6.07, 6.45) is 1.30. The molecular formula is C22H29N3O2S. The highest BCUT2D eigenvalue weighted by Crippen LogP contribution is 2.29. The van der Waals surface area contributed by atoms with Crippen molar-refractivity contribution in [2.45, 2.75) is 39.7 Å². The lowest BCUT2D eigenvalue weighted by Crippen LogP contribution is -2.37. The number of benzene rings is 1. The van der Waals surface area contributed by atoms with Crippen LogP contribution in [0.4, 0.5) is 5.69 Å². The number of carbonyl (C=O) groups excluding carboxylic acids is 2. The molecule has 3 rings (SSSR count). The number of carbonyl (C=O) groups is 2. The van der Waals surface area contributed by atoms with Gasteiger partial charge in [0.15, 0.2) is 0 Å². The number of hydrogen-bond acceptors (Lipinski definition) is 4. The fourth-order valence-corrected chi connectivity index (χ4v) is 4.58. The third-order valence-corrected chi connectivity index (χ3v) is 6.18. The largest absolute Gasteiger partial charge is 0.350 e. The molecular weight excluding hydrogens is 370 g/mol. The van der Waals surface area contributed by atoms with E-state index in [1.54, 1.807) is 11.3 Å². The van der Waals surface area contributed by atoms with Gasteiger partial charge in [0.05, 0.1) is 6.04 Å². The van der Waals surface area contributed by atoms with Gasteiger partial charge in [-0.25, -0.2) is 0 Å². The minimum Gasteiger partial charge on any atom is -0.350 e. The van der Waals surface area contributed by atoms with Crippen molar-refractivity contribution in [2.24, 2.45) is 0 Å². The van der Waals surface area contributed by atoms with Crippen molar-refractivity contribution in [2.75, 3.05) is 31.1 Å². The Labute approximate surface area is 171 Å². The van der Waals surface area contributed by atoms with Crippen LogP contribution in [-0.2, 0) is 11.2 Å². The number of fused-ring (bicyclic) bond motifs is 1. The molecule has 1 unspecified atom stereocenters. The summed E-state index contributed by atoms with van der Waals surface area (Å²) >= 11 is 1.68. The predicted molar refractivity (Wildman–Crippen MR) is 115 cm³/mol. The number of anilines is 1. The molecule has 0 saturated carbocycles. The van der Waals surface area contributed by atoms with Crippen molar-refractivity contribution in [1.29, 1.82) is 0 Å². The molecule has 6 heteroatoms. The first kappa shape index (κ1) is 20.6. The quantitative estimate of drug-likeness (QED) is 0.733. The second-order valence-corrected chi connectivity index (χ2v) is 7.78. The average molecular weight is 400 g/mol. The lowest BCUT2D eigenvalue weighted by Gasteiger charge is -2.29. The molecule has 0 radical (unpaired) electrons. The zero-order chi connectivity index (χ0) is 20.1. The number of nitrogens with one attached hydrogen (secondary N) is 1. The van der Waals surface area contributed by atoms with Crippen LogP contribution in [0.2, 0.25) is 0 Å². The van der Waals surface area contributed by atoms with Crippen LogP contribution in [0.15, 0.2) is 35.0 Å². The van der Waals surface area contributed by atoms with E-state index < -0.39 is 0 Å². The molecule has 0 fully saturated rings. The van der Waals surface area contributed by atoms with Crippen LogP contribution in [0.25, 0.3) is 0 Å². The molecule has 2 amide bonds. The number of likely N-dealkylation sites (N-methyl/N-ethyl adjacent to an activating group) is 1. The van der Waals surface area contributed by atoms with Gasteiger partial charge in [-0.1, -0.05) is 20.8 Å². The van der Waals surface area contributed by atoms with Gasteiger partial charge in [-0.15, -0.1) is 0 Å². The van der Waals surface area contributed by atoms with E-state index in [9.17, 15) is 9.59 Å². The van der Waals surface area contributed by atoms with Gasteiger partial charge >= 0.3 is 0 Å². The molecule has 2 heterocycles. The SMILES string of the molecule is CCC(=O)N1CCc2cc(C(=O)NCC(c3ccsc3)N(CC)CC)ccc21. The smallest absolute Gasteiger partial charge is 0.251 e. The second-order valence-electron chi connectivity index (χ2n) is 7.00.